The predicted octanol–water partition coefficient (Wildman–Crippen LogP) is -0.143. The quantitative estimate of drug-likeness (QED) is 0.359. The molecule has 1 aliphatic heterocycles. The van der Waals surface area contributed by atoms with Gasteiger partial charge in [0.2, 0.25) is 5.78 Å². The highest BCUT2D eigenvalue weighted by Gasteiger charge is 2.45. The van der Waals surface area contributed by atoms with Gasteiger partial charge in [-0.3, -0.25) is 14.6 Å². The van der Waals surface area contributed by atoms with E-state index in [0.717, 1.165) is 6.54 Å². The highest BCUT2D eigenvalue weighted by molar-refractivity contribution is 6.46. The number of carbonyl (C=O) groups is 2. The van der Waals surface area contributed by atoms with E-state index in [1.54, 1.807) is 18.2 Å². The number of hydrogen-bond acceptors (Lipinski definition) is 6. The van der Waals surface area contributed by atoms with Gasteiger partial charge in [0, 0.05) is 36.5 Å². The van der Waals surface area contributed by atoms with E-state index in [4.69, 9.17) is 9.47 Å². The molecule has 1 atom stereocenters. The molecule has 3 rings (SSSR count). The van der Waals surface area contributed by atoms with Crippen LogP contribution in [0.25, 0.3) is 5.76 Å². The monoisotopic (exact) mass is 425 g/mol. The summed E-state index contributed by atoms with van der Waals surface area (Å²) < 4.78 is 11.0. The minimum Gasteiger partial charge on any atom is -0.872 e. The van der Waals surface area contributed by atoms with Crippen molar-refractivity contribution in [2.45, 2.75) is 12.5 Å². The summed E-state index contributed by atoms with van der Waals surface area (Å²) in [5, 5.41) is 13.3. The molecule has 1 aromatic carbocycles. The number of Topliss-reactive ketones (excluding diaryl/α,β-unsaturated/α-hetero) is 1. The van der Waals surface area contributed by atoms with Crippen molar-refractivity contribution in [3.63, 3.8) is 0 Å². The summed E-state index contributed by atoms with van der Waals surface area (Å²) in [6, 6.07) is 7.44. The normalized spacial score (nSPS) is 18.0. The van der Waals surface area contributed by atoms with Crippen LogP contribution in [-0.4, -0.2) is 63.0 Å². The number of amides is 1. The molecule has 164 valence electrons. The zero-order valence-corrected chi connectivity index (χ0v) is 18.2. The Balaban J connectivity index is 2.18. The van der Waals surface area contributed by atoms with Crippen LogP contribution in [0.3, 0.4) is 0 Å². The third kappa shape index (κ3) is 4.39. The van der Waals surface area contributed by atoms with Crippen LogP contribution in [0, 0.1) is 0 Å². The smallest absolute Gasteiger partial charge is 0.295 e. The molecule has 31 heavy (non-hydrogen) atoms. The number of nitrogens with one attached hydrogen (secondary N) is 1. The number of ether oxygens (including phenoxy) is 2. The lowest BCUT2D eigenvalue weighted by Gasteiger charge is -2.29. The molecule has 0 radical (unpaired) electrons. The number of aromatic nitrogens is 1. The van der Waals surface area contributed by atoms with Crippen LogP contribution in [0.1, 0.15) is 23.6 Å². The van der Waals surface area contributed by atoms with Gasteiger partial charge in [-0.2, -0.15) is 0 Å². The number of hydrogen-bond donors (Lipinski definition) is 1. The maximum Gasteiger partial charge on any atom is 0.295 e. The van der Waals surface area contributed by atoms with Gasteiger partial charge in [-0.1, -0.05) is 17.9 Å². The molecular formula is C23H27N3O5. The average molecular weight is 425 g/mol. The van der Waals surface area contributed by atoms with Crippen LogP contribution >= 0.6 is 0 Å². The number of carbonyl (C=O) groups excluding carboxylic acids is 2. The van der Waals surface area contributed by atoms with Crippen LogP contribution < -0.4 is 19.5 Å². The minimum absolute atomic E-state index is 0.0834. The number of quaternary nitrogens is 1. The van der Waals surface area contributed by atoms with Crippen molar-refractivity contribution in [1.29, 1.82) is 0 Å². The Kier molecular flexibility index (Phi) is 6.91. The zero-order chi connectivity index (χ0) is 22.5. The second-order valence-corrected chi connectivity index (χ2v) is 7.60. The van der Waals surface area contributed by atoms with Crippen molar-refractivity contribution in [1.82, 2.24) is 9.88 Å². The molecular weight excluding hydrogens is 398 g/mol. The molecule has 1 unspecified atom stereocenters. The van der Waals surface area contributed by atoms with Gasteiger partial charge in [0.25, 0.3) is 5.91 Å². The Morgan fingerprint density at radius 1 is 1.13 bits per heavy atom. The maximum absolute atomic E-state index is 13.3. The Labute approximate surface area is 181 Å². The highest BCUT2D eigenvalue weighted by Crippen LogP contribution is 2.45. The first kappa shape index (κ1) is 22.3. The van der Waals surface area contributed by atoms with E-state index in [2.05, 4.69) is 4.98 Å². The van der Waals surface area contributed by atoms with Crippen LogP contribution in [-0.2, 0) is 9.59 Å². The van der Waals surface area contributed by atoms with Crippen molar-refractivity contribution in [3.8, 4) is 11.5 Å². The molecule has 1 amide bonds. The fraction of sp³-hybridized carbons (Fsp3) is 0.348. The number of rotatable bonds is 8. The van der Waals surface area contributed by atoms with Crippen LogP contribution in [0.4, 0.5) is 0 Å². The first-order valence-corrected chi connectivity index (χ1v) is 10.1. The number of pyridine rings is 1. The molecule has 0 aliphatic carbocycles. The lowest BCUT2D eigenvalue weighted by Crippen LogP contribution is -3.05. The summed E-state index contributed by atoms with van der Waals surface area (Å²) in [5.74, 6) is -1.10. The highest BCUT2D eigenvalue weighted by atomic mass is 16.5. The largest absolute Gasteiger partial charge is 0.872 e. The van der Waals surface area contributed by atoms with Gasteiger partial charge in [-0.05, 0) is 23.8 Å². The molecule has 1 aliphatic rings. The van der Waals surface area contributed by atoms with Gasteiger partial charge in [0.15, 0.2) is 11.5 Å². The molecule has 2 heterocycles. The lowest BCUT2D eigenvalue weighted by molar-refractivity contribution is -0.858. The first-order chi connectivity index (χ1) is 14.9. The number of ketones is 1. The first-order valence-electron chi connectivity index (χ1n) is 10.1. The Bertz CT molecular complexity index is 988. The maximum atomic E-state index is 13.3. The summed E-state index contributed by atoms with van der Waals surface area (Å²) in [5.41, 5.74) is 0.758. The number of benzene rings is 1. The van der Waals surface area contributed by atoms with E-state index >= 15 is 0 Å². The van der Waals surface area contributed by atoms with Gasteiger partial charge in [0.05, 0.1) is 40.9 Å². The zero-order valence-electron chi connectivity index (χ0n) is 18.2. The molecule has 1 saturated heterocycles. The number of para-hydroxylation sites is 1. The van der Waals surface area contributed by atoms with E-state index in [-0.39, 0.29) is 5.57 Å². The third-order valence-electron chi connectivity index (χ3n) is 5.28. The topological polar surface area (TPSA) is 96.2 Å². The van der Waals surface area contributed by atoms with Crippen molar-refractivity contribution >= 4 is 17.4 Å². The Hall–Kier alpha value is -3.39. The van der Waals surface area contributed by atoms with Crippen molar-refractivity contribution in [3.05, 3.63) is 59.4 Å². The van der Waals surface area contributed by atoms with Crippen LogP contribution in [0.2, 0.25) is 0 Å². The Morgan fingerprint density at radius 3 is 2.45 bits per heavy atom. The molecule has 1 aromatic heterocycles. The second-order valence-electron chi connectivity index (χ2n) is 7.60. The molecule has 2 aromatic rings. The standard InChI is InChI=1S/C23H27N3O5/c1-25(2)13-6-14-26-19(16-7-5-8-17(30-3)22(16)31-4)18(21(28)23(26)29)20(27)15-9-11-24-12-10-15/h5,7-12,19,27H,6,13-14H2,1-4H3. The van der Waals surface area contributed by atoms with Crippen molar-refractivity contribution in [2.75, 3.05) is 41.4 Å². The lowest BCUT2D eigenvalue weighted by atomic mass is 9.94. The van der Waals surface area contributed by atoms with E-state index in [1.807, 2.05) is 14.1 Å². The van der Waals surface area contributed by atoms with E-state index < -0.39 is 23.5 Å². The summed E-state index contributed by atoms with van der Waals surface area (Å²) in [6.07, 6.45) is 3.64. The summed E-state index contributed by atoms with van der Waals surface area (Å²) in [4.78, 5) is 32.6. The van der Waals surface area contributed by atoms with E-state index in [0.29, 0.717) is 35.6 Å². The van der Waals surface area contributed by atoms with Gasteiger partial charge in [-0.15, -0.1) is 0 Å². The van der Waals surface area contributed by atoms with E-state index in [9.17, 15) is 14.7 Å². The molecule has 0 saturated carbocycles. The fourth-order valence-electron chi connectivity index (χ4n) is 3.81. The van der Waals surface area contributed by atoms with Gasteiger partial charge < -0.3 is 24.4 Å². The summed E-state index contributed by atoms with van der Waals surface area (Å²) in [7, 11) is 7.04. The molecule has 1 N–H and O–H groups in total. The Morgan fingerprint density at radius 2 is 1.84 bits per heavy atom. The second kappa shape index (κ2) is 9.61. The average Bonchev–Trinajstić information content (AvgIpc) is 3.03. The molecule has 8 heteroatoms. The molecule has 8 nitrogen and oxygen atoms in total. The van der Waals surface area contributed by atoms with E-state index in [1.165, 1.54) is 48.5 Å². The third-order valence-corrected chi connectivity index (χ3v) is 5.28. The summed E-state index contributed by atoms with van der Waals surface area (Å²) in [6.45, 7) is 1.15. The molecule has 1 fully saturated rings. The van der Waals surface area contributed by atoms with Gasteiger partial charge in [-0.25, -0.2) is 0 Å². The summed E-state index contributed by atoms with van der Waals surface area (Å²) >= 11 is 0. The number of methoxy groups -OCH3 is 2. The van der Waals surface area contributed by atoms with Crippen molar-refractivity contribution < 1.29 is 29.1 Å². The number of likely N-dealkylation sites (tertiary alicyclic amines) is 1. The predicted molar refractivity (Wildman–Crippen MR) is 112 cm³/mol. The van der Waals surface area contributed by atoms with Crippen LogP contribution in [0.5, 0.6) is 11.5 Å². The van der Waals surface area contributed by atoms with Crippen LogP contribution in [0.15, 0.2) is 48.3 Å². The van der Waals surface area contributed by atoms with Gasteiger partial charge >= 0.3 is 0 Å². The van der Waals surface area contributed by atoms with Gasteiger partial charge in [0.1, 0.15) is 0 Å². The van der Waals surface area contributed by atoms with Crippen molar-refractivity contribution in [2.24, 2.45) is 0 Å². The SMILES string of the molecule is COc1cccc(C2C(=C([O-])c3ccncc3)C(=O)C(=O)N2CCC[NH+](C)C)c1OC. The fourth-order valence-corrected chi connectivity index (χ4v) is 3.81. The minimum atomic E-state index is -0.858. The molecule has 0 bridgehead atoms. The number of nitrogens with zero attached hydrogens (tertiary/aromatic N) is 2. The molecule has 0 spiro atoms.